The molecular weight excluding hydrogens is 324 g/mol. The number of hydrogen-bond acceptors (Lipinski definition) is 3. The Labute approximate surface area is 134 Å². The second kappa shape index (κ2) is 7.52. The van der Waals surface area contributed by atoms with Gasteiger partial charge in [-0.3, -0.25) is 0 Å². The van der Waals surface area contributed by atoms with Crippen LogP contribution >= 0.6 is 0 Å². The van der Waals surface area contributed by atoms with Gasteiger partial charge >= 0.3 is 0 Å². The molecule has 2 aromatic carbocycles. The molecular formula is C16H17F2NO3S. The summed E-state index contributed by atoms with van der Waals surface area (Å²) in [7, 11) is -4.23. The first-order chi connectivity index (χ1) is 10.9. The first-order valence-electron chi connectivity index (χ1n) is 7.09. The van der Waals surface area contributed by atoms with Crippen LogP contribution in [-0.4, -0.2) is 21.6 Å². The standard InChI is InChI=1S/C16H17F2NO3S/c1-2-22-13-8-6-12(7-9-13)10-11-19-23(20,21)16-14(17)4-3-5-15(16)18/h3-9,19H,2,10-11H2,1H3. The minimum absolute atomic E-state index is 0.0318. The fraction of sp³-hybridized carbons (Fsp3) is 0.250. The van der Waals surface area contributed by atoms with Crippen molar-refractivity contribution in [3.63, 3.8) is 0 Å². The van der Waals surface area contributed by atoms with E-state index in [1.54, 1.807) is 12.1 Å². The van der Waals surface area contributed by atoms with Crippen molar-refractivity contribution in [1.82, 2.24) is 4.72 Å². The van der Waals surface area contributed by atoms with Gasteiger partial charge in [0.05, 0.1) is 6.61 Å². The van der Waals surface area contributed by atoms with Crippen LogP contribution in [0.5, 0.6) is 5.75 Å². The predicted molar refractivity (Wildman–Crippen MR) is 82.9 cm³/mol. The van der Waals surface area contributed by atoms with Crippen molar-refractivity contribution < 1.29 is 21.9 Å². The lowest BCUT2D eigenvalue weighted by atomic mass is 10.1. The molecule has 0 radical (unpaired) electrons. The van der Waals surface area contributed by atoms with Crippen LogP contribution in [0.4, 0.5) is 8.78 Å². The maximum absolute atomic E-state index is 13.5. The van der Waals surface area contributed by atoms with Gasteiger partial charge in [-0.15, -0.1) is 0 Å². The lowest BCUT2D eigenvalue weighted by Gasteiger charge is -2.09. The van der Waals surface area contributed by atoms with E-state index in [1.807, 2.05) is 19.1 Å². The van der Waals surface area contributed by atoms with E-state index in [2.05, 4.69) is 4.72 Å². The molecule has 124 valence electrons. The van der Waals surface area contributed by atoms with Crippen LogP contribution in [0.2, 0.25) is 0 Å². The van der Waals surface area contributed by atoms with Gasteiger partial charge in [-0.1, -0.05) is 18.2 Å². The lowest BCUT2D eigenvalue weighted by Crippen LogP contribution is -2.27. The highest BCUT2D eigenvalue weighted by Gasteiger charge is 2.23. The molecule has 2 rings (SSSR count). The Hall–Kier alpha value is -1.99. The fourth-order valence-electron chi connectivity index (χ4n) is 2.06. The van der Waals surface area contributed by atoms with Gasteiger partial charge in [-0.2, -0.15) is 0 Å². The molecule has 7 heteroatoms. The summed E-state index contributed by atoms with van der Waals surface area (Å²) in [6, 6.07) is 10.1. The van der Waals surface area contributed by atoms with Crippen LogP contribution < -0.4 is 9.46 Å². The van der Waals surface area contributed by atoms with Crippen molar-refractivity contribution in [3.05, 3.63) is 59.7 Å². The second-order valence-electron chi connectivity index (χ2n) is 4.78. The quantitative estimate of drug-likeness (QED) is 0.842. The highest BCUT2D eigenvalue weighted by Crippen LogP contribution is 2.18. The third-order valence-electron chi connectivity index (χ3n) is 3.13. The zero-order valence-electron chi connectivity index (χ0n) is 12.6. The van der Waals surface area contributed by atoms with Gasteiger partial charge in [0.1, 0.15) is 17.4 Å². The van der Waals surface area contributed by atoms with Crippen molar-refractivity contribution in [2.24, 2.45) is 0 Å². The van der Waals surface area contributed by atoms with Crippen molar-refractivity contribution in [1.29, 1.82) is 0 Å². The number of rotatable bonds is 7. The second-order valence-corrected chi connectivity index (χ2v) is 6.48. The van der Waals surface area contributed by atoms with E-state index < -0.39 is 26.6 Å². The lowest BCUT2D eigenvalue weighted by molar-refractivity contribution is 0.340. The number of benzene rings is 2. The summed E-state index contributed by atoms with van der Waals surface area (Å²) in [5.74, 6) is -1.50. The number of hydrogen-bond donors (Lipinski definition) is 1. The largest absolute Gasteiger partial charge is 0.494 e. The first-order valence-corrected chi connectivity index (χ1v) is 8.58. The third-order valence-corrected chi connectivity index (χ3v) is 4.64. The average molecular weight is 341 g/mol. The van der Waals surface area contributed by atoms with E-state index in [0.717, 1.165) is 29.5 Å². The summed E-state index contributed by atoms with van der Waals surface area (Å²) in [6.07, 6.45) is 0.391. The van der Waals surface area contributed by atoms with Gasteiger partial charge in [0.25, 0.3) is 0 Å². The molecule has 0 heterocycles. The Balaban J connectivity index is 2.00. The van der Waals surface area contributed by atoms with Crippen LogP contribution in [0, 0.1) is 11.6 Å². The maximum atomic E-state index is 13.5. The Morgan fingerprint density at radius 3 is 2.22 bits per heavy atom. The molecule has 0 aliphatic carbocycles. The van der Waals surface area contributed by atoms with E-state index >= 15 is 0 Å². The van der Waals surface area contributed by atoms with Crippen LogP contribution in [0.3, 0.4) is 0 Å². The zero-order valence-corrected chi connectivity index (χ0v) is 13.4. The van der Waals surface area contributed by atoms with Crippen molar-refractivity contribution in [2.75, 3.05) is 13.2 Å². The molecule has 2 aromatic rings. The summed E-state index contributed by atoms with van der Waals surface area (Å²) in [5.41, 5.74) is 0.880. The van der Waals surface area contributed by atoms with Gasteiger partial charge in [0.15, 0.2) is 4.90 Å². The maximum Gasteiger partial charge on any atom is 0.246 e. The smallest absolute Gasteiger partial charge is 0.246 e. The van der Waals surface area contributed by atoms with E-state index in [-0.39, 0.29) is 6.54 Å². The molecule has 0 aliphatic heterocycles. The first kappa shape index (κ1) is 17.4. The Kier molecular flexibility index (Phi) is 5.68. The monoisotopic (exact) mass is 341 g/mol. The van der Waals surface area contributed by atoms with E-state index in [4.69, 9.17) is 4.74 Å². The number of ether oxygens (including phenoxy) is 1. The van der Waals surface area contributed by atoms with Crippen LogP contribution in [-0.2, 0) is 16.4 Å². The molecule has 0 saturated heterocycles. The molecule has 0 spiro atoms. The molecule has 23 heavy (non-hydrogen) atoms. The van der Waals surface area contributed by atoms with E-state index in [1.165, 1.54) is 0 Å². The summed E-state index contributed by atoms with van der Waals surface area (Å²) in [4.78, 5) is -0.952. The highest BCUT2D eigenvalue weighted by molar-refractivity contribution is 7.89. The number of sulfonamides is 1. The number of halogens is 2. The Bertz CT molecular complexity index is 741. The molecule has 0 amide bonds. The Morgan fingerprint density at radius 2 is 1.65 bits per heavy atom. The van der Waals surface area contributed by atoms with Crippen molar-refractivity contribution in [2.45, 2.75) is 18.2 Å². The molecule has 4 nitrogen and oxygen atoms in total. The predicted octanol–water partition coefficient (Wildman–Crippen LogP) is 2.88. The Morgan fingerprint density at radius 1 is 1.04 bits per heavy atom. The molecule has 0 fully saturated rings. The summed E-state index contributed by atoms with van der Waals surface area (Å²) in [6.45, 7) is 2.47. The van der Waals surface area contributed by atoms with E-state index in [9.17, 15) is 17.2 Å². The van der Waals surface area contributed by atoms with Gasteiger partial charge in [0.2, 0.25) is 10.0 Å². The van der Waals surface area contributed by atoms with Crippen LogP contribution in [0.15, 0.2) is 47.4 Å². The zero-order chi connectivity index (χ0) is 16.9. The van der Waals surface area contributed by atoms with E-state index in [0.29, 0.717) is 13.0 Å². The third kappa shape index (κ3) is 4.49. The highest BCUT2D eigenvalue weighted by atomic mass is 32.2. The summed E-state index contributed by atoms with van der Waals surface area (Å²) >= 11 is 0. The van der Waals surface area contributed by atoms with Crippen molar-refractivity contribution >= 4 is 10.0 Å². The van der Waals surface area contributed by atoms with Gasteiger partial charge in [-0.05, 0) is 43.2 Å². The molecule has 1 N–H and O–H groups in total. The number of nitrogens with one attached hydrogen (secondary N) is 1. The summed E-state index contributed by atoms with van der Waals surface area (Å²) in [5, 5.41) is 0. The SMILES string of the molecule is CCOc1ccc(CCNS(=O)(=O)c2c(F)cccc2F)cc1. The molecule has 0 aliphatic rings. The summed E-state index contributed by atoms with van der Waals surface area (Å²) < 4.78 is 58.6. The average Bonchev–Trinajstić information content (AvgIpc) is 2.49. The van der Waals surface area contributed by atoms with Crippen LogP contribution in [0.25, 0.3) is 0 Å². The topological polar surface area (TPSA) is 55.4 Å². The normalized spacial score (nSPS) is 11.4. The minimum Gasteiger partial charge on any atom is -0.494 e. The molecule has 0 unspecified atom stereocenters. The molecule has 0 saturated carbocycles. The van der Waals surface area contributed by atoms with Gasteiger partial charge < -0.3 is 4.74 Å². The minimum atomic E-state index is -4.23. The fourth-order valence-corrected chi connectivity index (χ4v) is 3.22. The van der Waals surface area contributed by atoms with Gasteiger partial charge in [-0.25, -0.2) is 21.9 Å². The van der Waals surface area contributed by atoms with Crippen LogP contribution in [0.1, 0.15) is 12.5 Å². The van der Waals surface area contributed by atoms with Gasteiger partial charge in [0, 0.05) is 6.54 Å². The molecule has 0 atom stereocenters. The molecule has 0 bridgehead atoms. The van der Waals surface area contributed by atoms with Crippen molar-refractivity contribution in [3.8, 4) is 5.75 Å². The molecule has 0 aromatic heterocycles.